The van der Waals surface area contributed by atoms with Gasteiger partial charge in [-0.3, -0.25) is 4.79 Å². The van der Waals surface area contributed by atoms with E-state index in [9.17, 15) is 9.59 Å². The van der Waals surface area contributed by atoms with E-state index >= 15 is 0 Å². The second-order valence-electron chi connectivity index (χ2n) is 4.55. The minimum absolute atomic E-state index is 0.171. The number of primary amides is 1. The smallest absolute Gasteiger partial charge is 0.348 e. The molecule has 2 aromatic rings. The molecule has 0 radical (unpaired) electrons. The highest BCUT2D eigenvalue weighted by atomic mass is 16.4. The molecule has 0 saturated carbocycles. The van der Waals surface area contributed by atoms with Crippen molar-refractivity contribution in [1.29, 1.82) is 0 Å². The lowest BCUT2D eigenvalue weighted by Gasteiger charge is -2.20. The summed E-state index contributed by atoms with van der Waals surface area (Å²) >= 11 is 0. The average molecular weight is 259 g/mol. The van der Waals surface area contributed by atoms with Crippen LogP contribution in [0.3, 0.4) is 0 Å². The molecular weight excluding hydrogens is 246 g/mol. The Morgan fingerprint density at radius 3 is 3.00 bits per heavy atom. The van der Waals surface area contributed by atoms with Crippen molar-refractivity contribution in [1.82, 2.24) is 4.98 Å². The highest BCUT2D eigenvalue weighted by molar-refractivity contribution is 5.84. The molecule has 1 aliphatic rings. The predicted molar refractivity (Wildman–Crippen MR) is 69.8 cm³/mol. The fourth-order valence-electron chi connectivity index (χ4n) is 2.42. The molecule has 1 amide bonds. The quantitative estimate of drug-likeness (QED) is 0.854. The molecule has 1 aromatic carbocycles. The molecule has 1 atom stereocenters. The van der Waals surface area contributed by atoms with Crippen molar-refractivity contribution in [2.75, 3.05) is 11.4 Å². The summed E-state index contributed by atoms with van der Waals surface area (Å²) in [7, 11) is 0. The zero-order valence-corrected chi connectivity index (χ0v) is 10.2. The number of anilines is 1. The Kier molecular flexibility index (Phi) is 2.70. The summed E-state index contributed by atoms with van der Waals surface area (Å²) in [4.78, 5) is 29.2. The zero-order chi connectivity index (χ0) is 13.4. The molecule has 6 nitrogen and oxygen atoms in total. The summed E-state index contributed by atoms with van der Waals surface area (Å²) < 4.78 is 5.21. The number of nitrogens with zero attached hydrogens (tertiary/aromatic N) is 2. The normalized spacial score (nSPS) is 18.9. The van der Waals surface area contributed by atoms with Crippen LogP contribution in [0.2, 0.25) is 0 Å². The number of aromatic nitrogens is 1. The first-order chi connectivity index (χ1) is 9.16. The first-order valence-corrected chi connectivity index (χ1v) is 6.12. The number of nitrogens with two attached hydrogens (primary N) is 1. The standard InChI is InChI=1S/C13H13N3O3/c14-11(17)10-6-3-7-16(10)13-15-9-5-2-1-4-8(9)12(18)19-13/h1-2,4-5,10H,3,6-7H2,(H2,14,17)/t10-/m0/s1. The maximum atomic E-state index is 11.9. The summed E-state index contributed by atoms with van der Waals surface area (Å²) in [5, 5.41) is 0.432. The lowest BCUT2D eigenvalue weighted by atomic mass is 10.2. The van der Waals surface area contributed by atoms with E-state index in [1.54, 1.807) is 29.2 Å². The van der Waals surface area contributed by atoms with E-state index in [0.29, 0.717) is 23.9 Å². The van der Waals surface area contributed by atoms with Crippen LogP contribution in [0.4, 0.5) is 6.01 Å². The van der Waals surface area contributed by atoms with Gasteiger partial charge in [0.05, 0.1) is 10.9 Å². The van der Waals surface area contributed by atoms with Crippen molar-refractivity contribution in [3.8, 4) is 0 Å². The van der Waals surface area contributed by atoms with Crippen LogP contribution in [0.25, 0.3) is 10.9 Å². The number of para-hydroxylation sites is 1. The molecule has 2 heterocycles. The molecule has 2 N–H and O–H groups in total. The lowest BCUT2D eigenvalue weighted by Crippen LogP contribution is -2.41. The van der Waals surface area contributed by atoms with Crippen molar-refractivity contribution in [2.24, 2.45) is 5.73 Å². The fourth-order valence-corrected chi connectivity index (χ4v) is 2.42. The van der Waals surface area contributed by atoms with Crippen LogP contribution in [0.1, 0.15) is 12.8 Å². The van der Waals surface area contributed by atoms with Crippen LogP contribution in [0.5, 0.6) is 0 Å². The fraction of sp³-hybridized carbons (Fsp3) is 0.308. The first kappa shape index (κ1) is 11.7. The summed E-state index contributed by atoms with van der Waals surface area (Å²) in [6.07, 6.45) is 1.49. The molecule has 1 fully saturated rings. The van der Waals surface area contributed by atoms with Crippen LogP contribution >= 0.6 is 0 Å². The van der Waals surface area contributed by atoms with Crippen molar-refractivity contribution in [2.45, 2.75) is 18.9 Å². The SMILES string of the molecule is NC(=O)[C@@H]1CCCN1c1nc2ccccc2c(=O)o1. The van der Waals surface area contributed by atoms with Crippen LogP contribution < -0.4 is 16.3 Å². The molecule has 19 heavy (non-hydrogen) atoms. The molecule has 1 saturated heterocycles. The van der Waals surface area contributed by atoms with Gasteiger partial charge in [-0.05, 0) is 25.0 Å². The number of hydrogen-bond donors (Lipinski definition) is 1. The van der Waals surface area contributed by atoms with E-state index in [2.05, 4.69) is 4.98 Å². The van der Waals surface area contributed by atoms with Gasteiger partial charge in [0, 0.05) is 6.54 Å². The van der Waals surface area contributed by atoms with Gasteiger partial charge in [-0.15, -0.1) is 0 Å². The van der Waals surface area contributed by atoms with Gasteiger partial charge in [0.15, 0.2) is 0 Å². The number of benzene rings is 1. The number of rotatable bonds is 2. The van der Waals surface area contributed by atoms with Gasteiger partial charge in [-0.25, -0.2) is 4.79 Å². The Labute approximate surface area is 108 Å². The molecule has 0 bridgehead atoms. The van der Waals surface area contributed by atoms with E-state index in [4.69, 9.17) is 10.2 Å². The van der Waals surface area contributed by atoms with Crippen molar-refractivity contribution in [3.63, 3.8) is 0 Å². The van der Waals surface area contributed by atoms with E-state index in [0.717, 1.165) is 6.42 Å². The minimum atomic E-state index is -0.448. The van der Waals surface area contributed by atoms with E-state index in [1.807, 2.05) is 0 Å². The Bertz CT molecular complexity index is 695. The third kappa shape index (κ3) is 1.95. The molecule has 0 aliphatic carbocycles. The number of amides is 1. The molecule has 1 aliphatic heterocycles. The maximum absolute atomic E-state index is 11.9. The highest BCUT2D eigenvalue weighted by Gasteiger charge is 2.32. The Balaban J connectivity index is 2.10. The van der Waals surface area contributed by atoms with Gasteiger partial charge >= 0.3 is 11.6 Å². The third-order valence-electron chi connectivity index (χ3n) is 3.35. The highest BCUT2D eigenvalue weighted by Crippen LogP contribution is 2.24. The first-order valence-electron chi connectivity index (χ1n) is 6.12. The third-order valence-corrected chi connectivity index (χ3v) is 3.35. The molecule has 98 valence electrons. The van der Waals surface area contributed by atoms with Crippen molar-refractivity contribution in [3.05, 3.63) is 34.7 Å². The molecule has 3 rings (SSSR count). The summed E-state index contributed by atoms with van der Waals surface area (Å²) in [6, 6.07) is 6.68. The van der Waals surface area contributed by atoms with Crippen LogP contribution in [-0.2, 0) is 4.79 Å². The summed E-state index contributed by atoms with van der Waals surface area (Å²) in [5.74, 6) is -0.421. The van der Waals surface area contributed by atoms with Gasteiger partial charge in [0.1, 0.15) is 6.04 Å². The topological polar surface area (TPSA) is 89.4 Å². The van der Waals surface area contributed by atoms with Gasteiger partial charge in [0.25, 0.3) is 0 Å². The molecule has 0 spiro atoms. The molecule has 6 heteroatoms. The average Bonchev–Trinajstić information content (AvgIpc) is 2.88. The Hall–Kier alpha value is -2.37. The lowest BCUT2D eigenvalue weighted by molar-refractivity contribution is -0.119. The van der Waals surface area contributed by atoms with Crippen LogP contribution in [-0.4, -0.2) is 23.5 Å². The predicted octanol–water partition coefficient (Wildman–Crippen LogP) is 0.642. The summed E-state index contributed by atoms with van der Waals surface area (Å²) in [5.41, 5.74) is 5.46. The van der Waals surface area contributed by atoms with Gasteiger partial charge in [-0.2, -0.15) is 4.98 Å². The monoisotopic (exact) mass is 259 g/mol. The second-order valence-corrected chi connectivity index (χ2v) is 4.55. The molecule has 0 unspecified atom stereocenters. The van der Waals surface area contributed by atoms with Crippen molar-refractivity contribution >= 4 is 22.8 Å². The second kappa shape index (κ2) is 4.38. The molecule has 1 aromatic heterocycles. The van der Waals surface area contributed by atoms with Crippen LogP contribution in [0, 0.1) is 0 Å². The summed E-state index contributed by atoms with van der Waals surface area (Å²) in [6.45, 7) is 0.613. The van der Waals surface area contributed by atoms with Crippen LogP contribution in [0.15, 0.2) is 33.5 Å². The minimum Gasteiger partial charge on any atom is -0.389 e. The number of carbonyl (C=O) groups excluding carboxylic acids is 1. The van der Waals surface area contributed by atoms with E-state index in [-0.39, 0.29) is 6.01 Å². The van der Waals surface area contributed by atoms with Gasteiger partial charge < -0.3 is 15.1 Å². The number of fused-ring (bicyclic) bond motifs is 1. The maximum Gasteiger partial charge on any atom is 0.348 e. The zero-order valence-electron chi connectivity index (χ0n) is 10.2. The Morgan fingerprint density at radius 1 is 1.42 bits per heavy atom. The number of hydrogen-bond acceptors (Lipinski definition) is 5. The number of carbonyl (C=O) groups is 1. The largest absolute Gasteiger partial charge is 0.389 e. The van der Waals surface area contributed by atoms with E-state index < -0.39 is 17.6 Å². The molecular formula is C13H13N3O3. The van der Waals surface area contributed by atoms with Gasteiger partial charge in [-0.1, -0.05) is 12.1 Å². The van der Waals surface area contributed by atoms with Crippen molar-refractivity contribution < 1.29 is 9.21 Å². The Morgan fingerprint density at radius 2 is 2.21 bits per heavy atom. The van der Waals surface area contributed by atoms with Gasteiger partial charge in [0.2, 0.25) is 5.91 Å². The van der Waals surface area contributed by atoms with E-state index in [1.165, 1.54) is 0 Å².